The Labute approximate surface area is 111 Å². The number of fused-ring (bicyclic) bond motifs is 1. The van der Waals surface area contributed by atoms with Crippen LogP contribution in [0.25, 0.3) is 22.2 Å². The molecule has 0 bridgehead atoms. The fraction of sp³-hybridized carbons (Fsp3) is 0.286. The molecule has 0 aliphatic carbocycles. The van der Waals surface area contributed by atoms with Crippen molar-refractivity contribution in [2.24, 2.45) is 19.8 Å². The van der Waals surface area contributed by atoms with Gasteiger partial charge in [-0.05, 0) is 24.6 Å². The Morgan fingerprint density at radius 3 is 2.79 bits per heavy atom. The van der Waals surface area contributed by atoms with Gasteiger partial charge in [-0.2, -0.15) is 5.10 Å². The third-order valence-corrected chi connectivity index (χ3v) is 3.51. The van der Waals surface area contributed by atoms with Gasteiger partial charge in [0.25, 0.3) is 0 Å². The van der Waals surface area contributed by atoms with Crippen molar-refractivity contribution in [3.63, 3.8) is 0 Å². The molecule has 2 aromatic heterocycles. The molecule has 1 aromatic carbocycles. The summed E-state index contributed by atoms with van der Waals surface area (Å²) in [6, 6.07) is 6.29. The maximum atomic E-state index is 5.75. The van der Waals surface area contributed by atoms with Gasteiger partial charge in [-0.3, -0.25) is 4.68 Å². The zero-order valence-electron chi connectivity index (χ0n) is 11.4. The maximum absolute atomic E-state index is 5.75. The fourth-order valence-corrected chi connectivity index (χ4v) is 2.41. The first-order valence-electron chi connectivity index (χ1n) is 6.26. The van der Waals surface area contributed by atoms with Gasteiger partial charge in [-0.25, -0.2) is 4.98 Å². The lowest BCUT2D eigenvalue weighted by atomic mass is 10.1. The SMILES string of the molecule is Cc1nc2cc(-c3cn(C)nc3CN)ccc2n1C. The largest absolute Gasteiger partial charge is 0.331 e. The number of imidazole rings is 1. The molecule has 0 atom stereocenters. The molecule has 0 fully saturated rings. The molecule has 0 amide bonds. The lowest BCUT2D eigenvalue weighted by molar-refractivity contribution is 0.742. The van der Waals surface area contributed by atoms with Crippen LogP contribution in [0.5, 0.6) is 0 Å². The molecule has 98 valence electrons. The quantitative estimate of drug-likeness (QED) is 0.758. The van der Waals surface area contributed by atoms with Crippen molar-refractivity contribution in [3.8, 4) is 11.1 Å². The molecule has 0 saturated heterocycles. The third-order valence-electron chi connectivity index (χ3n) is 3.51. The Morgan fingerprint density at radius 1 is 1.26 bits per heavy atom. The first-order chi connectivity index (χ1) is 9.10. The summed E-state index contributed by atoms with van der Waals surface area (Å²) in [4.78, 5) is 4.57. The molecule has 0 radical (unpaired) electrons. The normalized spacial score (nSPS) is 11.4. The molecular weight excluding hydrogens is 238 g/mol. The van der Waals surface area contributed by atoms with Crippen LogP contribution < -0.4 is 5.73 Å². The van der Waals surface area contributed by atoms with Crippen molar-refractivity contribution >= 4 is 11.0 Å². The van der Waals surface area contributed by atoms with Gasteiger partial charge in [-0.1, -0.05) is 6.07 Å². The minimum atomic E-state index is 0.440. The highest BCUT2D eigenvalue weighted by Crippen LogP contribution is 2.26. The number of nitrogens with zero attached hydrogens (tertiary/aromatic N) is 4. The average molecular weight is 255 g/mol. The van der Waals surface area contributed by atoms with Crippen molar-refractivity contribution in [2.45, 2.75) is 13.5 Å². The number of aryl methyl sites for hydroxylation is 3. The highest BCUT2D eigenvalue weighted by Gasteiger charge is 2.11. The van der Waals surface area contributed by atoms with Crippen LogP contribution in [0.15, 0.2) is 24.4 Å². The Bertz CT molecular complexity index is 751. The van der Waals surface area contributed by atoms with Crippen molar-refractivity contribution in [3.05, 3.63) is 35.9 Å². The van der Waals surface area contributed by atoms with Crippen molar-refractivity contribution < 1.29 is 0 Å². The number of hydrogen-bond donors (Lipinski definition) is 1. The second-order valence-electron chi connectivity index (χ2n) is 4.79. The van der Waals surface area contributed by atoms with E-state index in [0.717, 1.165) is 33.7 Å². The monoisotopic (exact) mass is 255 g/mol. The molecule has 0 spiro atoms. The highest BCUT2D eigenvalue weighted by atomic mass is 15.3. The van der Waals surface area contributed by atoms with Gasteiger partial charge >= 0.3 is 0 Å². The number of hydrogen-bond acceptors (Lipinski definition) is 3. The van der Waals surface area contributed by atoms with Crippen molar-refractivity contribution in [1.82, 2.24) is 19.3 Å². The Morgan fingerprint density at radius 2 is 2.05 bits per heavy atom. The van der Waals surface area contributed by atoms with Gasteiger partial charge in [0.2, 0.25) is 0 Å². The lowest BCUT2D eigenvalue weighted by Crippen LogP contribution is -1.99. The summed E-state index contributed by atoms with van der Waals surface area (Å²) >= 11 is 0. The van der Waals surface area contributed by atoms with Gasteiger partial charge < -0.3 is 10.3 Å². The van der Waals surface area contributed by atoms with Gasteiger partial charge in [0.05, 0.1) is 16.7 Å². The minimum absolute atomic E-state index is 0.440. The van der Waals surface area contributed by atoms with Gasteiger partial charge in [0.1, 0.15) is 5.82 Å². The molecule has 5 nitrogen and oxygen atoms in total. The van der Waals surface area contributed by atoms with E-state index in [1.807, 2.05) is 27.2 Å². The van der Waals surface area contributed by atoms with E-state index < -0.39 is 0 Å². The van der Waals surface area contributed by atoms with E-state index in [0.29, 0.717) is 6.54 Å². The second-order valence-corrected chi connectivity index (χ2v) is 4.79. The third kappa shape index (κ3) is 1.82. The maximum Gasteiger partial charge on any atom is 0.106 e. The molecule has 5 heteroatoms. The van der Waals surface area contributed by atoms with Crippen LogP contribution >= 0.6 is 0 Å². The minimum Gasteiger partial charge on any atom is -0.331 e. The Hall–Kier alpha value is -2.14. The summed E-state index contributed by atoms with van der Waals surface area (Å²) in [7, 11) is 3.94. The van der Waals surface area contributed by atoms with E-state index in [9.17, 15) is 0 Å². The summed E-state index contributed by atoms with van der Waals surface area (Å²) in [5, 5.41) is 4.37. The summed E-state index contributed by atoms with van der Waals surface area (Å²) in [6.07, 6.45) is 2.00. The molecule has 0 unspecified atom stereocenters. The van der Waals surface area contributed by atoms with Crippen LogP contribution in [0.4, 0.5) is 0 Å². The first kappa shape index (κ1) is 11.9. The molecule has 2 heterocycles. The molecule has 3 aromatic rings. The van der Waals surface area contributed by atoms with E-state index >= 15 is 0 Å². The number of aromatic nitrogens is 4. The van der Waals surface area contributed by atoms with Crippen LogP contribution in [0, 0.1) is 6.92 Å². The molecule has 19 heavy (non-hydrogen) atoms. The van der Waals surface area contributed by atoms with E-state index in [2.05, 4.69) is 32.8 Å². The molecule has 0 saturated carbocycles. The average Bonchev–Trinajstić information content (AvgIpc) is 2.91. The van der Waals surface area contributed by atoms with E-state index in [1.165, 1.54) is 0 Å². The summed E-state index contributed by atoms with van der Waals surface area (Å²) < 4.78 is 3.89. The van der Waals surface area contributed by atoms with Gasteiger partial charge in [-0.15, -0.1) is 0 Å². The van der Waals surface area contributed by atoms with Crippen LogP contribution in [0.3, 0.4) is 0 Å². The Kier molecular flexibility index (Phi) is 2.64. The summed E-state index contributed by atoms with van der Waals surface area (Å²) in [5.41, 5.74) is 11.0. The topological polar surface area (TPSA) is 61.7 Å². The predicted octanol–water partition coefficient (Wildman–Crippen LogP) is 1.74. The summed E-state index contributed by atoms with van der Waals surface area (Å²) in [6.45, 7) is 2.45. The van der Waals surface area contributed by atoms with Crippen LogP contribution in [0.2, 0.25) is 0 Å². The first-order valence-corrected chi connectivity index (χ1v) is 6.26. The van der Waals surface area contributed by atoms with Crippen LogP contribution in [-0.4, -0.2) is 19.3 Å². The van der Waals surface area contributed by atoms with Crippen LogP contribution in [0.1, 0.15) is 11.5 Å². The Balaban J connectivity index is 2.20. The van der Waals surface area contributed by atoms with Gasteiger partial charge in [0, 0.05) is 32.4 Å². The standard InChI is InChI=1S/C14H17N5/c1-9-16-12-6-10(4-5-14(12)19(9)3)11-8-18(2)17-13(11)7-15/h4-6,8H,7,15H2,1-3H3. The predicted molar refractivity (Wildman–Crippen MR) is 75.5 cm³/mol. The molecule has 3 rings (SSSR count). The molecule has 0 aliphatic rings. The summed E-state index contributed by atoms with van der Waals surface area (Å²) in [5.74, 6) is 1.01. The number of nitrogens with two attached hydrogens (primary N) is 1. The van der Waals surface area contributed by atoms with Gasteiger partial charge in [0.15, 0.2) is 0 Å². The van der Waals surface area contributed by atoms with E-state index in [-0.39, 0.29) is 0 Å². The smallest absolute Gasteiger partial charge is 0.106 e. The lowest BCUT2D eigenvalue weighted by Gasteiger charge is -2.01. The highest BCUT2D eigenvalue weighted by molar-refractivity contribution is 5.83. The van der Waals surface area contributed by atoms with Crippen molar-refractivity contribution in [1.29, 1.82) is 0 Å². The van der Waals surface area contributed by atoms with E-state index in [4.69, 9.17) is 5.73 Å². The number of rotatable bonds is 2. The molecule has 0 aliphatic heterocycles. The zero-order chi connectivity index (χ0) is 13.6. The van der Waals surface area contributed by atoms with E-state index in [1.54, 1.807) is 4.68 Å². The van der Waals surface area contributed by atoms with Crippen molar-refractivity contribution in [2.75, 3.05) is 0 Å². The second kappa shape index (κ2) is 4.20. The van der Waals surface area contributed by atoms with Crippen LogP contribution in [-0.2, 0) is 20.6 Å². The molecular formula is C14H17N5. The number of benzene rings is 1. The fourth-order valence-electron chi connectivity index (χ4n) is 2.41. The molecule has 2 N–H and O–H groups in total. The zero-order valence-corrected chi connectivity index (χ0v) is 11.4.